The first-order valence-corrected chi connectivity index (χ1v) is 6.81. The standard InChI is InChI=1S/C16H25NO2/c1-12(11-15(18)19-16(3,4)5)17-13(2)14-9-7-6-8-10-14/h6-10,12-13,17H,11H2,1-5H3. The Kier molecular flexibility index (Phi) is 5.55. The fourth-order valence-corrected chi connectivity index (χ4v) is 1.96. The van der Waals surface area contributed by atoms with E-state index in [-0.39, 0.29) is 18.1 Å². The lowest BCUT2D eigenvalue weighted by atomic mass is 10.1. The van der Waals surface area contributed by atoms with Gasteiger partial charge in [0.1, 0.15) is 5.60 Å². The van der Waals surface area contributed by atoms with E-state index in [1.165, 1.54) is 5.56 Å². The van der Waals surface area contributed by atoms with Crippen molar-refractivity contribution in [3.05, 3.63) is 35.9 Å². The fourth-order valence-electron chi connectivity index (χ4n) is 1.96. The molecule has 0 fully saturated rings. The van der Waals surface area contributed by atoms with E-state index in [1.807, 2.05) is 45.9 Å². The Labute approximate surface area is 116 Å². The number of ether oxygens (including phenoxy) is 1. The number of benzene rings is 1. The van der Waals surface area contributed by atoms with Crippen LogP contribution in [0.1, 0.15) is 52.6 Å². The van der Waals surface area contributed by atoms with Gasteiger partial charge in [-0.2, -0.15) is 0 Å². The number of nitrogens with one attached hydrogen (secondary N) is 1. The highest BCUT2D eigenvalue weighted by Gasteiger charge is 2.19. The normalized spacial score (nSPS) is 14.8. The molecule has 0 aliphatic rings. The summed E-state index contributed by atoms with van der Waals surface area (Å²) in [5.41, 5.74) is 0.806. The monoisotopic (exact) mass is 263 g/mol. The quantitative estimate of drug-likeness (QED) is 0.827. The number of hydrogen-bond donors (Lipinski definition) is 1. The molecule has 0 radical (unpaired) electrons. The molecule has 0 saturated heterocycles. The molecule has 2 atom stereocenters. The van der Waals surface area contributed by atoms with Crippen molar-refractivity contribution in [1.82, 2.24) is 5.32 Å². The average molecular weight is 263 g/mol. The molecule has 0 spiro atoms. The van der Waals surface area contributed by atoms with Crippen LogP contribution in [0.4, 0.5) is 0 Å². The second kappa shape index (κ2) is 6.71. The fraction of sp³-hybridized carbons (Fsp3) is 0.562. The Morgan fingerprint density at radius 3 is 2.32 bits per heavy atom. The molecule has 0 aliphatic heterocycles. The summed E-state index contributed by atoms with van der Waals surface area (Å²) in [7, 11) is 0. The van der Waals surface area contributed by atoms with Crippen LogP contribution in [0.25, 0.3) is 0 Å². The molecule has 3 heteroatoms. The second-order valence-electron chi connectivity index (χ2n) is 5.99. The lowest BCUT2D eigenvalue weighted by molar-refractivity contribution is -0.155. The van der Waals surface area contributed by atoms with Gasteiger partial charge in [0.05, 0.1) is 6.42 Å². The van der Waals surface area contributed by atoms with E-state index in [1.54, 1.807) is 0 Å². The second-order valence-corrected chi connectivity index (χ2v) is 5.99. The third-order valence-corrected chi connectivity index (χ3v) is 2.73. The van der Waals surface area contributed by atoms with Crippen molar-refractivity contribution in [2.75, 3.05) is 0 Å². The molecule has 0 saturated carbocycles. The van der Waals surface area contributed by atoms with Crippen LogP contribution >= 0.6 is 0 Å². The van der Waals surface area contributed by atoms with Gasteiger partial charge in [0.25, 0.3) is 0 Å². The molecule has 106 valence electrons. The number of carbonyl (C=O) groups excluding carboxylic acids is 1. The number of carbonyl (C=O) groups is 1. The molecular weight excluding hydrogens is 238 g/mol. The molecule has 0 bridgehead atoms. The number of rotatable bonds is 5. The largest absolute Gasteiger partial charge is 0.460 e. The minimum absolute atomic E-state index is 0.0880. The summed E-state index contributed by atoms with van der Waals surface area (Å²) < 4.78 is 5.32. The Bertz CT molecular complexity index is 395. The zero-order valence-corrected chi connectivity index (χ0v) is 12.6. The van der Waals surface area contributed by atoms with E-state index in [0.717, 1.165) is 0 Å². The van der Waals surface area contributed by atoms with E-state index in [9.17, 15) is 4.79 Å². The van der Waals surface area contributed by atoms with Crippen LogP contribution in [0, 0.1) is 0 Å². The van der Waals surface area contributed by atoms with Crippen LogP contribution in [0.3, 0.4) is 0 Å². The molecule has 1 N–H and O–H groups in total. The maximum absolute atomic E-state index is 11.7. The zero-order valence-electron chi connectivity index (χ0n) is 12.6. The summed E-state index contributed by atoms with van der Waals surface area (Å²) in [5.74, 6) is -0.159. The first-order valence-electron chi connectivity index (χ1n) is 6.81. The lowest BCUT2D eigenvalue weighted by Crippen LogP contribution is -2.33. The van der Waals surface area contributed by atoms with Crippen LogP contribution in [0.15, 0.2) is 30.3 Å². The molecule has 1 aromatic rings. The Morgan fingerprint density at radius 2 is 1.79 bits per heavy atom. The first-order chi connectivity index (χ1) is 8.78. The molecule has 1 rings (SSSR count). The number of hydrogen-bond acceptors (Lipinski definition) is 3. The van der Waals surface area contributed by atoms with Gasteiger partial charge in [-0.05, 0) is 40.2 Å². The lowest BCUT2D eigenvalue weighted by Gasteiger charge is -2.23. The summed E-state index contributed by atoms with van der Waals surface area (Å²) in [6.45, 7) is 9.76. The third-order valence-electron chi connectivity index (χ3n) is 2.73. The Hall–Kier alpha value is -1.35. The van der Waals surface area contributed by atoms with Gasteiger partial charge in [0.2, 0.25) is 0 Å². The van der Waals surface area contributed by atoms with E-state index in [0.29, 0.717) is 6.42 Å². The van der Waals surface area contributed by atoms with Crippen LogP contribution < -0.4 is 5.32 Å². The van der Waals surface area contributed by atoms with E-state index < -0.39 is 5.60 Å². The highest BCUT2D eigenvalue weighted by atomic mass is 16.6. The van der Waals surface area contributed by atoms with Crippen molar-refractivity contribution in [2.24, 2.45) is 0 Å². The summed E-state index contributed by atoms with van der Waals surface area (Å²) in [5, 5.41) is 3.41. The smallest absolute Gasteiger partial charge is 0.307 e. The van der Waals surface area contributed by atoms with Crippen LogP contribution in [-0.2, 0) is 9.53 Å². The first kappa shape index (κ1) is 15.7. The van der Waals surface area contributed by atoms with Crippen LogP contribution in [-0.4, -0.2) is 17.6 Å². The van der Waals surface area contributed by atoms with Crippen molar-refractivity contribution in [2.45, 2.75) is 58.7 Å². The van der Waals surface area contributed by atoms with Crippen LogP contribution in [0.5, 0.6) is 0 Å². The minimum atomic E-state index is -0.415. The van der Waals surface area contributed by atoms with Crippen molar-refractivity contribution in [1.29, 1.82) is 0 Å². The highest BCUT2D eigenvalue weighted by Crippen LogP contribution is 2.14. The maximum atomic E-state index is 11.7. The van der Waals surface area contributed by atoms with Gasteiger partial charge in [-0.15, -0.1) is 0 Å². The highest BCUT2D eigenvalue weighted by molar-refractivity contribution is 5.70. The number of esters is 1. The predicted molar refractivity (Wildman–Crippen MR) is 77.9 cm³/mol. The maximum Gasteiger partial charge on any atom is 0.307 e. The molecule has 19 heavy (non-hydrogen) atoms. The molecule has 3 nitrogen and oxygen atoms in total. The third kappa shape index (κ3) is 6.39. The van der Waals surface area contributed by atoms with Crippen molar-refractivity contribution < 1.29 is 9.53 Å². The van der Waals surface area contributed by atoms with Gasteiger partial charge in [0, 0.05) is 12.1 Å². The summed E-state index contributed by atoms with van der Waals surface area (Å²) >= 11 is 0. The molecule has 0 amide bonds. The predicted octanol–water partition coefficient (Wildman–Crippen LogP) is 3.46. The molecule has 0 aliphatic carbocycles. The Balaban J connectivity index is 2.43. The topological polar surface area (TPSA) is 38.3 Å². The summed E-state index contributed by atoms with van der Waals surface area (Å²) in [6, 6.07) is 10.5. The average Bonchev–Trinajstić information content (AvgIpc) is 2.27. The zero-order chi connectivity index (χ0) is 14.5. The van der Waals surface area contributed by atoms with Crippen molar-refractivity contribution >= 4 is 5.97 Å². The van der Waals surface area contributed by atoms with Gasteiger partial charge >= 0.3 is 5.97 Å². The SMILES string of the molecule is CC(CC(=O)OC(C)(C)C)NC(C)c1ccccc1. The van der Waals surface area contributed by atoms with E-state index in [4.69, 9.17) is 4.74 Å². The molecule has 1 aromatic carbocycles. The molecule has 0 aromatic heterocycles. The van der Waals surface area contributed by atoms with Gasteiger partial charge in [-0.1, -0.05) is 30.3 Å². The summed E-state index contributed by atoms with van der Waals surface area (Å²) in [6.07, 6.45) is 0.383. The molecule has 2 unspecified atom stereocenters. The van der Waals surface area contributed by atoms with E-state index in [2.05, 4.69) is 24.4 Å². The van der Waals surface area contributed by atoms with Crippen molar-refractivity contribution in [3.8, 4) is 0 Å². The Morgan fingerprint density at radius 1 is 1.21 bits per heavy atom. The van der Waals surface area contributed by atoms with Gasteiger partial charge in [-0.3, -0.25) is 4.79 Å². The van der Waals surface area contributed by atoms with Gasteiger partial charge in [-0.25, -0.2) is 0 Å². The summed E-state index contributed by atoms with van der Waals surface area (Å²) in [4.78, 5) is 11.7. The molecular formula is C16H25NO2. The van der Waals surface area contributed by atoms with Gasteiger partial charge in [0.15, 0.2) is 0 Å². The van der Waals surface area contributed by atoms with Gasteiger partial charge < -0.3 is 10.1 Å². The molecule has 0 heterocycles. The van der Waals surface area contributed by atoms with Crippen molar-refractivity contribution in [3.63, 3.8) is 0 Å². The van der Waals surface area contributed by atoms with E-state index >= 15 is 0 Å². The minimum Gasteiger partial charge on any atom is -0.460 e. The van der Waals surface area contributed by atoms with Crippen LogP contribution in [0.2, 0.25) is 0 Å².